The van der Waals surface area contributed by atoms with E-state index >= 15 is 0 Å². The van der Waals surface area contributed by atoms with Gasteiger partial charge in [-0.25, -0.2) is 0 Å². The van der Waals surface area contributed by atoms with Gasteiger partial charge in [0.05, 0.1) is 0 Å². The van der Waals surface area contributed by atoms with Gasteiger partial charge in [0.25, 0.3) is 0 Å². The minimum absolute atomic E-state index is 0.267. The predicted molar refractivity (Wildman–Crippen MR) is 158 cm³/mol. The average Bonchev–Trinajstić information content (AvgIpc) is 2.86. The molecule has 0 radical (unpaired) electrons. The van der Waals surface area contributed by atoms with Crippen molar-refractivity contribution in [2.45, 2.75) is 98.8 Å². The number of halogens is 1. The van der Waals surface area contributed by atoms with E-state index < -0.39 is 0 Å². The summed E-state index contributed by atoms with van der Waals surface area (Å²) < 4.78 is 0. The molecule has 1 aliphatic rings. The number of aryl methyl sites for hydroxylation is 5. The van der Waals surface area contributed by atoms with E-state index in [9.17, 15) is 4.79 Å². The van der Waals surface area contributed by atoms with Gasteiger partial charge in [0.15, 0.2) is 5.78 Å². The van der Waals surface area contributed by atoms with Crippen LogP contribution in [0.5, 0.6) is 0 Å². The molecule has 4 rings (SSSR count). The molecule has 37 heavy (non-hydrogen) atoms. The van der Waals surface area contributed by atoms with E-state index in [1.165, 1.54) is 45.4 Å². The van der Waals surface area contributed by atoms with Crippen molar-refractivity contribution in [1.82, 2.24) is 0 Å². The highest BCUT2D eigenvalue weighted by Gasteiger charge is 2.27. The molecule has 0 spiro atoms. The van der Waals surface area contributed by atoms with Gasteiger partial charge in [-0.05, 0) is 114 Å². The number of carbonyl (C=O) groups is 1. The van der Waals surface area contributed by atoms with E-state index in [1.54, 1.807) is 0 Å². The summed E-state index contributed by atoms with van der Waals surface area (Å²) in [6.07, 6.45) is 9.74. The Morgan fingerprint density at radius 3 is 2.38 bits per heavy atom. The molecule has 0 unspecified atom stereocenters. The summed E-state index contributed by atoms with van der Waals surface area (Å²) in [5.74, 6) is 0.267. The second-order valence-corrected chi connectivity index (χ2v) is 12.2. The summed E-state index contributed by atoms with van der Waals surface area (Å²) in [6, 6.07) is 17.4. The lowest BCUT2D eigenvalue weighted by Crippen LogP contribution is -2.23. The Bertz CT molecular complexity index is 1270. The molecule has 2 heteroatoms. The van der Waals surface area contributed by atoms with Gasteiger partial charge >= 0.3 is 0 Å². The van der Waals surface area contributed by atoms with E-state index in [-0.39, 0.29) is 5.78 Å². The summed E-state index contributed by atoms with van der Waals surface area (Å²) in [4.78, 5) is 13.7. The van der Waals surface area contributed by atoms with Gasteiger partial charge in [-0.1, -0.05) is 88.2 Å². The first-order valence-electron chi connectivity index (χ1n) is 14.2. The number of benzene rings is 3. The Morgan fingerprint density at radius 2 is 1.65 bits per heavy atom. The van der Waals surface area contributed by atoms with Crippen molar-refractivity contribution in [1.29, 1.82) is 0 Å². The predicted octanol–water partition coefficient (Wildman–Crippen LogP) is 9.28. The van der Waals surface area contributed by atoms with Crippen molar-refractivity contribution >= 4 is 17.4 Å². The fraction of sp³-hybridized carbons (Fsp3) is 0.457. The zero-order chi connectivity index (χ0) is 26.6. The molecule has 0 saturated heterocycles. The molecule has 1 aliphatic carbocycles. The Hall–Kier alpha value is -2.38. The van der Waals surface area contributed by atoms with Crippen LogP contribution >= 0.6 is 11.6 Å². The van der Waals surface area contributed by atoms with Gasteiger partial charge in [0.2, 0.25) is 0 Å². The topological polar surface area (TPSA) is 17.1 Å². The zero-order valence-corrected chi connectivity index (χ0v) is 24.2. The van der Waals surface area contributed by atoms with Crippen LogP contribution in [0.3, 0.4) is 0 Å². The van der Waals surface area contributed by atoms with E-state index in [4.69, 9.17) is 11.6 Å². The molecule has 0 bridgehead atoms. The second-order valence-electron chi connectivity index (χ2n) is 11.8. The van der Waals surface area contributed by atoms with Crippen molar-refractivity contribution in [3.8, 4) is 0 Å². The molecule has 0 fully saturated rings. The third kappa shape index (κ3) is 6.74. The van der Waals surface area contributed by atoms with Crippen LogP contribution in [0, 0.1) is 12.3 Å². The molecule has 0 aromatic heterocycles. The Balaban J connectivity index is 1.56. The second kappa shape index (κ2) is 12.0. The molecular weight excluding hydrogens is 472 g/mol. The van der Waals surface area contributed by atoms with Crippen LogP contribution in [0.15, 0.2) is 48.5 Å². The molecule has 1 nitrogen and oxygen atoms in total. The van der Waals surface area contributed by atoms with E-state index in [0.29, 0.717) is 11.8 Å². The van der Waals surface area contributed by atoms with Crippen LogP contribution in [0.4, 0.5) is 0 Å². The number of Topliss-reactive ketones (excluding diaryl/α,β-unsaturated/α-hetero) is 1. The molecule has 0 N–H and O–H groups in total. The maximum atomic E-state index is 13.7. The molecule has 196 valence electrons. The van der Waals surface area contributed by atoms with Crippen LogP contribution in [0.25, 0.3) is 0 Å². The number of ketones is 1. The summed E-state index contributed by atoms with van der Waals surface area (Å²) in [5.41, 5.74) is 12.0. The average molecular weight is 515 g/mol. The Morgan fingerprint density at radius 1 is 0.892 bits per heavy atom. The van der Waals surface area contributed by atoms with Crippen molar-refractivity contribution in [3.63, 3.8) is 0 Å². The standard InChI is InChI=1S/C35H43ClO/c1-6-8-25-10-16-32(28(22-25)14-13-27-11-9-24(3)21-33(27)36)34(37)18-17-30-26(7-2)12-15-29-23-35(4,5)20-19-31(29)30/h9-12,15-16,21-22H,6-8,13-14,17-20,23H2,1-5H3. The van der Waals surface area contributed by atoms with Crippen LogP contribution < -0.4 is 0 Å². The largest absolute Gasteiger partial charge is 0.294 e. The highest BCUT2D eigenvalue weighted by atomic mass is 35.5. The lowest BCUT2D eigenvalue weighted by Gasteiger charge is -2.33. The fourth-order valence-corrected chi connectivity index (χ4v) is 6.37. The highest BCUT2D eigenvalue weighted by molar-refractivity contribution is 6.31. The van der Waals surface area contributed by atoms with Crippen LogP contribution in [0.1, 0.15) is 102 Å². The molecule has 0 atom stereocenters. The molecule has 3 aromatic rings. The zero-order valence-electron chi connectivity index (χ0n) is 23.5. The number of hydrogen-bond acceptors (Lipinski definition) is 1. The Labute approximate surface area is 229 Å². The SMILES string of the molecule is CCCc1ccc(C(=O)CCc2c(CC)ccc3c2CCC(C)(C)C3)c(CCc2ccc(C)cc2Cl)c1. The van der Waals surface area contributed by atoms with Crippen LogP contribution in [-0.4, -0.2) is 5.78 Å². The molecular formula is C35H43ClO. The quantitative estimate of drug-likeness (QED) is 0.246. The summed E-state index contributed by atoms with van der Waals surface area (Å²) in [6.45, 7) is 11.3. The summed E-state index contributed by atoms with van der Waals surface area (Å²) >= 11 is 6.53. The smallest absolute Gasteiger partial charge is 0.163 e. The van der Waals surface area contributed by atoms with Crippen LogP contribution in [0.2, 0.25) is 5.02 Å². The first kappa shape index (κ1) is 27.6. The normalized spacial score (nSPS) is 14.4. The third-order valence-electron chi connectivity index (χ3n) is 8.21. The maximum absolute atomic E-state index is 13.7. The van der Waals surface area contributed by atoms with E-state index in [2.05, 4.69) is 77.1 Å². The van der Waals surface area contributed by atoms with E-state index in [1.807, 2.05) is 6.07 Å². The lowest BCUT2D eigenvalue weighted by atomic mass is 9.72. The van der Waals surface area contributed by atoms with Gasteiger partial charge < -0.3 is 0 Å². The van der Waals surface area contributed by atoms with Gasteiger partial charge in [-0.15, -0.1) is 0 Å². The van der Waals surface area contributed by atoms with Crippen molar-refractivity contribution < 1.29 is 4.79 Å². The highest BCUT2D eigenvalue weighted by Crippen LogP contribution is 2.37. The maximum Gasteiger partial charge on any atom is 0.163 e. The van der Waals surface area contributed by atoms with Crippen molar-refractivity contribution in [2.24, 2.45) is 5.41 Å². The van der Waals surface area contributed by atoms with Gasteiger partial charge in [-0.3, -0.25) is 4.79 Å². The number of hydrogen-bond donors (Lipinski definition) is 0. The van der Waals surface area contributed by atoms with E-state index in [0.717, 1.165) is 67.5 Å². The van der Waals surface area contributed by atoms with Crippen molar-refractivity contribution in [3.05, 3.63) is 104 Å². The molecule has 3 aromatic carbocycles. The number of carbonyl (C=O) groups excluding carboxylic acids is 1. The fourth-order valence-electron chi connectivity index (χ4n) is 6.04. The van der Waals surface area contributed by atoms with Gasteiger partial charge in [-0.2, -0.15) is 0 Å². The number of rotatable bonds is 10. The molecule has 0 aliphatic heterocycles. The first-order valence-corrected chi connectivity index (χ1v) is 14.6. The Kier molecular flexibility index (Phi) is 8.96. The lowest BCUT2D eigenvalue weighted by molar-refractivity contribution is 0.0981. The summed E-state index contributed by atoms with van der Waals surface area (Å²) in [5, 5.41) is 0.821. The molecule has 0 saturated carbocycles. The third-order valence-corrected chi connectivity index (χ3v) is 8.56. The first-order chi connectivity index (χ1) is 17.7. The summed E-state index contributed by atoms with van der Waals surface area (Å²) in [7, 11) is 0. The number of fused-ring (bicyclic) bond motifs is 1. The van der Waals surface area contributed by atoms with Gasteiger partial charge in [0.1, 0.15) is 0 Å². The molecule has 0 amide bonds. The molecule has 0 heterocycles. The van der Waals surface area contributed by atoms with Crippen molar-refractivity contribution in [2.75, 3.05) is 0 Å². The minimum Gasteiger partial charge on any atom is -0.294 e. The van der Waals surface area contributed by atoms with Crippen LogP contribution in [-0.2, 0) is 44.9 Å². The van der Waals surface area contributed by atoms with Gasteiger partial charge in [0, 0.05) is 17.0 Å². The minimum atomic E-state index is 0.267. The monoisotopic (exact) mass is 514 g/mol.